The molecule has 2 amide bonds. The number of pyridine rings is 1. The van der Waals surface area contributed by atoms with Crippen molar-refractivity contribution in [3.8, 4) is 11.5 Å². The maximum atomic E-state index is 13.5. The fourth-order valence-electron chi connectivity index (χ4n) is 5.72. The number of hydrogen-bond donors (Lipinski definition) is 4. The van der Waals surface area contributed by atoms with Gasteiger partial charge in [-0.05, 0) is 72.1 Å². The Hall–Kier alpha value is -4.36. The molecular weight excluding hydrogens is 618 g/mol. The van der Waals surface area contributed by atoms with Gasteiger partial charge in [-0.25, -0.2) is 13.2 Å². The predicted molar refractivity (Wildman–Crippen MR) is 183 cm³/mol. The number of urea groups is 1. The molecule has 47 heavy (non-hydrogen) atoms. The Morgan fingerprint density at radius 3 is 2.34 bits per heavy atom. The summed E-state index contributed by atoms with van der Waals surface area (Å²) in [6, 6.07) is 14.5. The highest BCUT2D eigenvalue weighted by molar-refractivity contribution is 7.92. The van der Waals surface area contributed by atoms with Gasteiger partial charge in [-0.15, -0.1) is 10.2 Å². The lowest BCUT2D eigenvalue weighted by atomic mass is 9.85. The minimum Gasteiger partial charge on any atom is -0.492 e. The highest BCUT2D eigenvalue weighted by atomic mass is 32.2. The molecule has 2 heterocycles. The Morgan fingerprint density at radius 1 is 1.02 bits per heavy atom. The van der Waals surface area contributed by atoms with Crippen LogP contribution in [-0.4, -0.2) is 42.4 Å². The van der Waals surface area contributed by atoms with E-state index in [1.54, 1.807) is 12.1 Å². The van der Waals surface area contributed by atoms with Gasteiger partial charge in [0.15, 0.2) is 17.2 Å². The van der Waals surface area contributed by atoms with Crippen molar-refractivity contribution in [1.82, 2.24) is 19.9 Å². The summed E-state index contributed by atoms with van der Waals surface area (Å²) in [5.74, 6) is 1.68. The number of methoxy groups -OCH3 is 1. The van der Waals surface area contributed by atoms with Crippen molar-refractivity contribution in [1.29, 1.82) is 0 Å². The standard InChI is InChI=1S/C34H45N7O5S/c1-20(2)34(6,35)31-39-38-29-16-13-22(19-41(29)31)46-28-15-14-25(23-11-9-10-12-24(23)28)36-32(42)37-26-17-21(33(3,4)5)18-27(30(26)45-7)40-47(8,43)44/h9-13,16-20,25,28,40H,14-15,35H2,1-8H3,(H2,36,37,42)/t25-,28+,34?/m0/s1. The smallest absolute Gasteiger partial charge is 0.319 e. The lowest BCUT2D eigenvalue weighted by Crippen LogP contribution is -2.40. The fraction of sp³-hybridized carbons (Fsp3) is 0.441. The summed E-state index contributed by atoms with van der Waals surface area (Å²) < 4.78 is 40.8. The molecule has 0 saturated carbocycles. The molecule has 1 aliphatic rings. The zero-order valence-electron chi connectivity index (χ0n) is 28.2. The molecule has 12 nitrogen and oxygen atoms in total. The third-order valence-corrected chi connectivity index (χ3v) is 9.37. The van der Waals surface area contributed by atoms with Gasteiger partial charge in [-0.3, -0.25) is 9.12 Å². The lowest BCUT2D eigenvalue weighted by Gasteiger charge is -2.32. The van der Waals surface area contributed by atoms with Gasteiger partial charge >= 0.3 is 6.03 Å². The summed E-state index contributed by atoms with van der Waals surface area (Å²) in [5, 5.41) is 14.7. The minimum absolute atomic E-state index is 0.140. The van der Waals surface area contributed by atoms with E-state index in [-0.39, 0.29) is 34.9 Å². The molecule has 252 valence electrons. The Bertz CT molecular complexity index is 1900. The Labute approximate surface area is 276 Å². The molecule has 1 aliphatic carbocycles. The lowest BCUT2D eigenvalue weighted by molar-refractivity contribution is 0.171. The summed E-state index contributed by atoms with van der Waals surface area (Å²) in [5.41, 5.74) is 9.65. The van der Waals surface area contributed by atoms with Crippen molar-refractivity contribution in [2.75, 3.05) is 23.4 Å². The molecule has 5 rings (SSSR count). The van der Waals surface area contributed by atoms with E-state index in [9.17, 15) is 13.2 Å². The van der Waals surface area contributed by atoms with Gasteiger partial charge in [0.2, 0.25) is 10.0 Å². The molecule has 2 aromatic heterocycles. The summed E-state index contributed by atoms with van der Waals surface area (Å²) in [6.45, 7) is 12.1. The zero-order valence-corrected chi connectivity index (χ0v) is 29.0. The number of carbonyl (C=O) groups is 1. The summed E-state index contributed by atoms with van der Waals surface area (Å²) in [6.07, 6.45) is 3.99. The highest BCUT2D eigenvalue weighted by Crippen LogP contribution is 2.41. The fourth-order valence-corrected chi connectivity index (χ4v) is 6.27. The van der Waals surface area contributed by atoms with E-state index in [1.165, 1.54) is 7.11 Å². The van der Waals surface area contributed by atoms with Crippen LogP contribution in [0, 0.1) is 5.92 Å². The van der Waals surface area contributed by atoms with Crippen LogP contribution in [0.4, 0.5) is 16.2 Å². The number of hydrogen-bond acceptors (Lipinski definition) is 8. The molecule has 13 heteroatoms. The van der Waals surface area contributed by atoms with E-state index >= 15 is 0 Å². The Balaban J connectivity index is 1.38. The molecule has 1 unspecified atom stereocenters. The van der Waals surface area contributed by atoms with Crippen molar-refractivity contribution in [3.05, 3.63) is 77.2 Å². The molecule has 4 aromatic rings. The van der Waals surface area contributed by atoms with Gasteiger partial charge in [0.25, 0.3) is 0 Å². The number of fused-ring (bicyclic) bond motifs is 2. The number of anilines is 2. The molecule has 0 fully saturated rings. The van der Waals surface area contributed by atoms with E-state index < -0.39 is 21.6 Å². The van der Waals surface area contributed by atoms with Crippen LogP contribution in [0.5, 0.6) is 11.5 Å². The number of nitrogens with two attached hydrogens (primary N) is 1. The summed E-state index contributed by atoms with van der Waals surface area (Å²) in [4.78, 5) is 13.5. The second-order valence-electron chi connectivity index (χ2n) is 13.7. The quantitative estimate of drug-likeness (QED) is 0.169. The first-order chi connectivity index (χ1) is 22.0. The van der Waals surface area contributed by atoms with Gasteiger partial charge in [0.1, 0.15) is 11.9 Å². The van der Waals surface area contributed by atoms with Crippen molar-refractivity contribution in [2.45, 2.75) is 77.5 Å². The number of amides is 2. The van der Waals surface area contributed by atoms with E-state index in [0.717, 1.165) is 22.9 Å². The van der Waals surface area contributed by atoms with Gasteiger partial charge < -0.3 is 25.8 Å². The topological polar surface area (TPSA) is 162 Å². The number of aromatic nitrogens is 3. The molecule has 2 aromatic carbocycles. The first-order valence-corrected chi connectivity index (χ1v) is 17.5. The van der Waals surface area contributed by atoms with E-state index in [1.807, 2.05) is 74.7 Å². The van der Waals surface area contributed by atoms with Crippen molar-refractivity contribution < 1.29 is 22.7 Å². The molecule has 0 aliphatic heterocycles. The van der Waals surface area contributed by atoms with Crippen molar-refractivity contribution in [2.24, 2.45) is 11.7 Å². The van der Waals surface area contributed by atoms with Crippen LogP contribution in [0.3, 0.4) is 0 Å². The molecule has 0 bridgehead atoms. The molecule has 3 atom stereocenters. The third-order valence-electron chi connectivity index (χ3n) is 8.78. The first kappa shape index (κ1) is 34.0. The largest absolute Gasteiger partial charge is 0.492 e. The van der Waals surface area contributed by atoms with Crippen LogP contribution < -0.4 is 30.6 Å². The number of nitrogens with one attached hydrogen (secondary N) is 3. The van der Waals surface area contributed by atoms with Gasteiger partial charge in [0, 0.05) is 0 Å². The first-order valence-electron chi connectivity index (χ1n) is 15.7. The average Bonchev–Trinajstić information content (AvgIpc) is 3.41. The second-order valence-corrected chi connectivity index (χ2v) is 15.5. The summed E-state index contributed by atoms with van der Waals surface area (Å²) in [7, 11) is -2.17. The maximum absolute atomic E-state index is 13.5. The SMILES string of the molecule is COc1c(NC(=O)N[C@H]2CC[C@@H](Oc3ccc4nnc(C(C)(N)C(C)C)n4c3)c3ccccc32)cc(C(C)(C)C)cc1NS(C)(=O)=O. The normalized spacial score (nSPS) is 17.9. The molecule has 0 spiro atoms. The highest BCUT2D eigenvalue weighted by Gasteiger charge is 2.32. The molecular formula is C34H45N7O5S. The number of carbonyl (C=O) groups excluding carboxylic acids is 1. The number of nitrogens with zero attached hydrogens (tertiary/aromatic N) is 3. The maximum Gasteiger partial charge on any atom is 0.319 e. The van der Waals surface area contributed by atoms with Crippen LogP contribution in [0.25, 0.3) is 5.65 Å². The van der Waals surface area contributed by atoms with Crippen LogP contribution >= 0.6 is 0 Å². The van der Waals surface area contributed by atoms with Crippen LogP contribution in [-0.2, 0) is 21.0 Å². The van der Waals surface area contributed by atoms with Gasteiger partial charge in [-0.1, -0.05) is 58.9 Å². The second kappa shape index (κ2) is 12.7. The van der Waals surface area contributed by atoms with E-state index in [2.05, 4.69) is 39.4 Å². The summed E-state index contributed by atoms with van der Waals surface area (Å²) >= 11 is 0. The monoisotopic (exact) mass is 663 g/mol. The molecule has 5 N–H and O–H groups in total. The minimum atomic E-state index is -3.60. The number of sulfonamides is 1. The van der Waals surface area contributed by atoms with E-state index in [4.69, 9.17) is 15.2 Å². The number of rotatable bonds is 9. The number of ether oxygens (including phenoxy) is 2. The van der Waals surface area contributed by atoms with E-state index in [0.29, 0.717) is 35.8 Å². The molecule has 0 radical (unpaired) electrons. The zero-order chi connectivity index (χ0) is 34.3. The molecule has 0 saturated heterocycles. The van der Waals surface area contributed by atoms with Gasteiger partial charge in [-0.2, -0.15) is 0 Å². The Morgan fingerprint density at radius 2 is 1.70 bits per heavy atom. The predicted octanol–water partition coefficient (Wildman–Crippen LogP) is 6.01. The van der Waals surface area contributed by atoms with Crippen molar-refractivity contribution >= 4 is 33.1 Å². The number of benzene rings is 2. The van der Waals surface area contributed by atoms with Crippen LogP contribution in [0.15, 0.2) is 54.7 Å². The third kappa shape index (κ3) is 7.31. The van der Waals surface area contributed by atoms with Crippen molar-refractivity contribution in [3.63, 3.8) is 0 Å². The average molecular weight is 664 g/mol. The Kier molecular flexibility index (Phi) is 9.17. The van der Waals surface area contributed by atoms with Crippen LogP contribution in [0.1, 0.15) is 89.0 Å². The van der Waals surface area contributed by atoms with Gasteiger partial charge in [0.05, 0.1) is 42.5 Å². The van der Waals surface area contributed by atoms with Crippen LogP contribution in [0.2, 0.25) is 0 Å².